The number of benzene rings is 1. The van der Waals surface area contributed by atoms with E-state index in [1.165, 1.54) is 24.3 Å². The lowest BCUT2D eigenvalue weighted by atomic mass is 10.4. The van der Waals surface area contributed by atoms with Crippen molar-refractivity contribution >= 4 is 16.0 Å². The van der Waals surface area contributed by atoms with Crippen molar-refractivity contribution in [2.45, 2.75) is 15.6 Å². The van der Waals surface area contributed by atoms with Crippen LogP contribution in [0.15, 0.2) is 46.7 Å². The summed E-state index contributed by atoms with van der Waals surface area (Å²) >= 11 is 0. The Morgan fingerprint density at radius 3 is 2.40 bits per heavy atom. The third-order valence-corrected chi connectivity index (χ3v) is 6.01. The number of rotatable bonds is 4. The average Bonchev–Trinajstić information content (AvgIpc) is 2.89. The number of nitrogens with one attached hydrogen (secondary N) is 1. The van der Waals surface area contributed by atoms with Crippen molar-refractivity contribution in [3.8, 4) is 0 Å². The summed E-state index contributed by atoms with van der Waals surface area (Å²) in [6, 6.07) is 6.94. The van der Waals surface area contributed by atoms with E-state index in [1.54, 1.807) is 6.07 Å². The molecule has 0 aliphatic rings. The van der Waals surface area contributed by atoms with Gasteiger partial charge in [0, 0.05) is 4.90 Å². The van der Waals surface area contributed by atoms with Gasteiger partial charge in [0.25, 0.3) is 0 Å². The molecular formula is C11H10F3N3O2S. The maximum atomic E-state index is 13.7. The van der Waals surface area contributed by atoms with Crippen LogP contribution in [0.5, 0.6) is 0 Å². The Morgan fingerprint density at radius 1 is 1.30 bits per heavy atom. The maximum absolute atomic E-state index is 13.7. The van der Waals surface area contributed by atoms with Crippen molar-refractivity contribution in [1.29, 1.82) is 0 Å². The molecule has 0 radical (unpaired) electrons. The SMILES string of the molecule is O=C(O)CS(c1ccccc1)(c1nnc[nH]1)C(F)(F)F. The van der Waals surface area contributed by atoms with Crippen LogP contribution in [-0.2, 0) is 4.79 Å². The van der Waals surface area contributed by atoms with Gasteiger partial charge in [-0.05, 0) is 22.2 Å². The number of aliphatic carboxylic acids is 1. The number of carbonyl (C=O) groups is 1. The van der Waals surface area contributed by atoms with Gasteiger partial charge in [-0.25, -0.2) is 0 Å². The first kappa shape index (κ1) is 14.4. The molecule has 2 rings (SSSR count). The third-order valence-electron chi connectivity index (χ3n) is 2.61. The van der Waals surface area contributed by atoms with Crippen molar-refractivity contribution < 1.29 is 23.1 Å². The highest BCUT2D eigenvalue weighted by molar-refractivity contribution is 8.34. The molecule has 20 heavy (non-hydrogen) atoms. The Labute approximate surface area is 113 Å². The molecule has 0 aliphatic heterocycles. The summed E-state index contributed by atoms with van der Waals surface area (Å²) < 4.78 is 41.0. The van der Waals surface area contributed by atoms with E-state index in [0.29, 0.717) is 0 Å². The predicted molar refractivity (Wildman–Crippen MR) is 65.5 cm³/mol. The quantitative estimate of drug-likeness (QED) is 0.910. The Hall–Kier alpha value is -2.03. The van der Waals surface area contributed by atoms with Crippen LogP contribution in [0.25, 0.3) is 0 Å². The fourth-order valence-corrected chi connectivity index (χ4v) is 4.40. The first-order chi connectivity index (χ1) is 9.38. The molecule has 0 spiro atoms. The predicted octanol–water partition coefficient (Wildman–Crippen LogP) is 2.63. The number of aromatic amines is 1. The molecule has 0 saturated heterocycles. The van der Waals surface area contributed by atoms with Crippen LogP contribution in [0.3, 0.4) is 0 Å². The van der Waals surface area contributed by atoms with Crippen LogP contribution in [0, 0.1) is 0 Å². The minimum absolute atomic E-state index is 0.119. The van der Waals surface area contributed by atoms with Crippen LogP contribution >= 0.6 is 10.0 Å². The summed E-state index contributed by atoms with van der Waals surface area (Å²) in [5, 5.41) is 15.3. The van der Waals surface area contributed by atoms with Crippen LogP contribution < -0.4 is 0 Å². The van der Waals surface area contributed by atoms with Crippen molar-refractivity contribution in [3.63, 3.8) is 0 Å². The lowest BCUT2D eigenvalue weighted by Gasteiger charge is -2.37. The molecule has 9 heteroatoms. The molecule has 0 aliphatic carbocycles. The molecule has 1 atom stereocenters. The highest BCUT2D eigenvalue weighted by Gasteiger charge is 2.56. The minimum atomic E-state index is -4.76. The monoisotopic (exact) mass is 305 g/mol. The lowest BCUT2D eigenvalue weighted by molar-refractivity contribution is -0.134. The molecule has 2 N–H and O–H groups in total. The lowest BCUT2D eigenvalue weighted by Crippen LogP contribution is -2.28. The zero-order valence-electron chi connectivity index (χ0n) is 9.96. The van der Waals surface area contributed by atoms with Gasteiger partial charge in [-0.15, -0.1) is 10.2 Å². The molecule has 1 aromatic carbocycles. The van der Waals surface area contributed by atoms with E-state index < -0.39 is 32.4 Å². The maximum Gasteiger partial charge on any atom is 0.436 e. The zero-order chi connectivity index (χ0) is 14.8. The number of carboxylic acids is 1. The van der Waals surface area contributed by atoms with Gasteiger partial charge in [0.15, 0.2) is 5.16 Å². The molecule has 2 aromatic rings. The molecule has 1 heterocycles. The van der Waals surface area contributed by atoms with Gasteiger partial charge in [-0.1, -0.05) is 18.2 Å². The molecule has 0 bridgehead atoms. The summed E-state index contributed by atoms with van der Waals surface area (Å²) in [7, 11) is -3.85. The largest absolute Gasteiger partial charge is 0.481 e. The summed E-state index contributed by atoms with van der Waals surface area (Å²) in [6.45, 7) is 0. The molecule has 108 valence electrons. The van der Waals surface area contributed by atoms with Crippen LogP contribution in [-0.4, -0.2) is 37.5 Å². The van der Waals surface area contributed by atoms with E-state index in [4.69, 9.17) is 5.11 Å². The molecule has 1 unspecified atom stereocenters. The van der Waals surface area contributed by atoms with Gasteiger partial charge in [0.2, 0.25) is 0 Å². The number of hydrogen-bond donors (Lipinski definition) is 2. The van der Waals surface area contributed by atoms with Gasteiger partial charge in [0.05, 0.1) is 5.75 Å². The second kappa shape index (κ2) is 5.16. The standard InChI is InChI=1S/C11H10F3N3O2S/c12-11(13,14)20(6-9(18)19,10-15-7-16-17-10)8-4-2-1-3-5-8/h1-5,7H,6H2,(H,18,19)(H,15,16,17). The number of hydrogen-bond acceptors (Lipinski definition) is 3. The number of carboxylic acid groups (broad SMARTS) is 1. The summed E-state index contributed by atoms with van der Waals surface area (Å²) in [6.07, 6.45) is 1.01. The van der Waals surface area contributed by atoms with Gasteiger partial charge in [-0.3, -0.25) is 4.79 Å². The van der Waals surface area contributed by atoms with Gasteiger partial charge < -0.3 is 10.1 Å². The Kier molecular flexibility index (Phi) is 3.71. The van der Waals surface area contributed by atoms with Gasteiger partial charge >= 0.3 is 11.5 Å². The Bertz CT molecular complexity index is 589. The zero-order valence-corrected chi connectivity index (χ0v) is 10.8. The van der Waals surface area contributed by atoms with Crippen molar-refractivity contribution in [1.82, 2.24) is 15.2 Å². The van der Waals surface area contributed by atoms with E-state index in [0.717, 1.165) is 6.33 Å². The highest BCUT2D eigenvalue weighted by atomic mass is 32.3. The summed E-state index contributed by atoms with van der Waals surface area (Å²) in [5.74, 6) is -2.63. The minimum Gasteiger partial charge on any atom is -0.481 e. The van der Waals surface area contributed by atoms with E-state index in [2.05, 4.69) is 15.2 Å². The molecule has 0 saturated carbocycles. The number of halogens is 3. The fraction of sp³-hybridized carbons (Fsp3) is 0.182. The average molecular weight is 305 g/mol. The topological polar surface area (TPSA) is 78.9 Å². The summed E-state index contributed by atoms with van der Waals surface area (Å²) in [5.41, 5.74) is -4.76. The third kappa shape index (κ3) is 2.36. The first-order valence-corrected chi connectivity index (χ1v) is 7.18. The number of H-pyrrole nitrogens is 1. The van der Waals surface area contributed by atoms with E-state index in [-0.39, 0.29) is 4.90 Å². The Balaban J connectivity index is 2.72. The van der Waals surface area contributed by atoms with Crippen molar-refractivity contribution in [3.05, 3.63) is 36.7 Å². The van der Waals surface area contributed by atoms with E-state index in [1.807, 2.05) is 0 Å². The molecule has 0 amide bonds. The smallest absolute Gasteiger partial charge is 0.436 e. The molecule has 0 fully saturated rings. The summed E-state index contributed by atoms with van der Waals surface area (Å²) in [4.78, 5) is 13.2. The van der Waals surface area contributed by atoms with E-state index in [9.17, 15) is 18.0 Å². The van der Waals surface area contributed by atoms with Crippen LogP contribution in [0.1, 0.15) is 0 Å². The second-order valence-electron chi connectivity index (χ2n) is 3.83. The van der Waals surface area contributed by atoms with E-state index >= 15 is 0 Å². The molecule has 1 aromatic heterocycles. The second-order valence-corrected chi connectivity index (χ2v) is 6.92. The highest BCUT2D eigenvalue weighted by Crippen LogP contribution is 2.71. The van der Waals surface area contributed by atoms with Gasteiger partial charge in [-0.2, -0.15) is 13.2 Å². The van der Waals surface area contributed by atoms with Crippen LogP contribution in [0.2, 0.25) is 0 Å². The van der Waals surface area contributed by atoms with Crippen LogP contribution in [0.4, 0.5) is 13.2 Å². The molecule has 5 nitrogen and oxygen atoms in total. The number of alkyl halides is 3. The first-order valence-electron chi connectivity index (χ1n) is 5.38. The van der Waals surface area contributed by atoms with Crippen molar-refractivity contribution in [2.75, 3.05) is 5.75 Å². The van der Waals surface area contributed by atoms with Crippen molar-refractivity contribution in [2.24, 2.45) is 0 Å². The number of nitrogens with zero attached hydrogens (tertiary/aromatic N) is 2. The fourth-order valence-electron chi connectivity index (χ4n) is 1.79. The van der Waals surface area contributed by atoms with Gasteiger partial charge in [0.1, 0.15) is 6.33 Å². The normalized spacial score (nSPS) is 16.4. The Morgan fingerprint density at radius 2 is 1.95 bits per heavy atom. The number of aromatic nitrogens is 3. The molecular weight excluding hydrogens is 295 g/mol.